The highest BCUT2D eigenvalue weighted by molar-refractivity contribution is 5.83. The van der Waals surface area contributed by atoms with E-state index in [1.807, 2.05) is 19.4 Å². The number of hydrogen-bond acceptors (Lipinski definition) is 2. The Bertz CT molecular complexity index is 852. The predicted molar refractivity (Wildman–Crippen MR) is 105 cm³/mol. The monoisotopic (exact) mass is 363 g/mol. The first-order valence-corrected chi connectivity index (χ1v) is 10.3. The Morgan fingerprint density at radius 3 is 2.52 bits per heavy atom. The Morgan fingerprint density at radius 2 is 1.89 bits per heavy atom. The molecule has 1 aromatic carbocycles. The lowest BCUT2D eigenvalue weighted by Crippen LogP contribution is -2.59. The van der Waals surface area contributed by atoms with Crippen LogP contribution in [0.1, 0.15) is 55.2 Å². The van der Waals surface area contributed by atoms with E-state index in [1.165, 1.54) is 30.4 Å². The normalized spacial score (nSPS) is 34.0. The van der Waals surface area contributed by atoms with Gasteiger partial charge in [0.25, 0.3) is 0 Å². The first kappa shape index (κ1) is 17.0. The molecule has 0 unspecified atom stereocenters. The van der Waals surface area contributed by atoms with Crippen LogP contribution in [0.2, 0.25) is 0 Å². The third kappa shape index (κ3) is 2.81. The molecule has 2 atom stereocenters. The minimum absolute atomic E-state index is 0.169. The molecule has 6 rings (SSSR count). The van der Waals surface area contributed by atoms with Gasteiger partial charge < -0.3 is 5.32 Å². The molecule has 1 aromatic heterocycles. The summed E-state index contributed by atoms with van der Waals surface area (Å²) in [6.07, 6.45) is 10.9. The van der Waals surface area contributed by atoms with E-state index in [-0.39, 0.29) is 16.7 Å². The zero-order valence-corrected chi connectivity index (χ0v) is 16.4. The molecule has 4 aliphatic rings. The summed E-state index contributed by atoms with van der Waals surface area (Å²) in [5, 5.41) is 7.46. The second kappa shape index (κ2) is 5.95. The zero-order chi connectivity index (χ0) is 18.6. The van der Waals surface area contributed by atoms with E-state index in [2.05, 4.69) is 41.6 Å². The maximum atomic E-state index is 13.4. The average Bonchev–Trinajstić information content (AvgIpc) is 3.04. The maximum Gasteiger partial charge on any atom is 0.226 e. The maximum absolute atomic E-state index is 13.4. The summed E-state index contributed by atoms with van der Waals surface area (Å²) in [5.41, 5.74) is 3.89. The van der Waals surface area contributed by atoms with Gasteiger partial charge in [0.05, 0.1) is 11.6 Å². The molecule has 4 saturated carbocycles. The van der Waals surface area contributed by atoms with E-state index >= 15 is 0 Å². The molecule has 0 aliphatic heterocycles. The summed E-state index contributed by atoms with van der Waals surface area (Å²) in [5.74, 6) is 1.69. The van der Waals surface area contributed by atoms with Crippen LogP contribution in [0, 0.1) is 24.2 Å². The van der Waals surface area contributed by atoms with Crippen LogP contribution in [0.3, 0.4) is 0 Å². The fraction of sp³-hybridized carbons (Fsp3) is 0.565. The third-order valence-corrected chi connectivity index (χ3v) is 7.42. The lowest BCUT2D eigenvalue weighted by atomic mass is 9.42. The van der Waals surface area contributed by atoms with Gasteiger partial charge in [-0.15, -0.1) is 0 Å². The minimum atomic E-state index is -0.169. The molecule has 0 saturated heterocycles. The molecule has 4 bridgehead atoms. The Morgan fingerprint density at radius 1 is 1.19 bits per heavy atom. The van der Waals surface area contributed by atoms with E-state index < -0.39 is 0 Å². The summed E-state index contributed by atoms with van der Waals surface area (Å²) >= 11 is 0. The molecule has 0 spiro atoms. The number of aryl methyl sites for hydroxylation is 2. The van der Waals surface area contributed by atoms with Crippen molar-refractivity contribution in [2.75, 3.05) is 0 Å². The Balaban J connectivity index is 1.41. The van der Waals surface area contributed by atoms with Gasteiger partial charge in [0.2, 0.25) is 5.91 Å². The molecule has 2 aromatic rings. The number of rotatable bonds is 4. The summed E-state index contributed by atoms with van der Waals surface area (Å²) in [7, 11) is 1.91. The number of carbonyl (C=O) groups is 1. The SMILES string of the molecule is Cc1ccc(C23C[C@H]4C[C@@H](CC(C(=O)NCc5cnn(C)c5)(C4)C2)C3)cc1. The van der Waals surface area contributed by atoms with Crippen molar-refractivity contribution in [3.8, 4) is 0 Å². The van der Waals surface area contributed by atoms with Crippen molar-refractivity contribution in [3.63, 3.8) is 0 Å². The predicted octanol–water partition coefficient (Wildman–Crippen LogP) is 3.88. The fourth-order valence-corrected chi connectivity index (χ4v) is 6.71. The van der Waals surface area contributed by atoms with Crippen molar-refractivity contribution in [1.82, 2.24) is 15.1 Å². The molecular formula is C23H29N3O. The van der Waals surface area contributed by atoms with Gasteiger partial charge in [-0.25, -0.2) is 0 Å². The van der Waals surface area contributed by atoms with E-state index in [0.717, 1.165) is 24.8 Å². The van der Waals surface area contributed by atoms with Crippen molar-refractivity contribution in [2.24, 2.45) is 24.3 Å². The zero-order valence-electron chi connectivity index (χ0n) is 16.4. The highest BCUT2D eigenvalue weighted by Crippen LogP contribution is 2.65. The topological polar surface area (TPSA) is 46.9 Å². The van der Waals surface area contributed by atoms with Crippen LogP contribution in [0.25, 0.3) is 0 Å². The Kier molecular flexibility index (Phi) is 3.75. The van der Waals surface area contributed by atoms with Gasteiger partial charge in [-0.2, -0.15) is 5.10 Å². The van der Waals surface area contributed by atoms with Gasteiger partial charge in [-0.05, 0) is 68.3 Å². The lowest BCUT2D eigenvalue weighted by molar-refractivity contribution is -0.149. The van der Waals surface area contributed by atoms with E-state index in [4.69, 9.17) is 0 Å². The smallest absolute Gasteiger partial charge is 0.226 e. The highest BCUT2D eigenvalue weighted by atomic mass is 16.2. The molecule has 4 fully saturated rings. The van der Waals surface area contributed by atoms with Gasteiger partial charge in [-0.3, -0.25) is 9.48 Å². The van der Waals surface area contributed by atoms with E-state index in [9.17, 15) is 4.79 Å². The number of carbonyl (C=O) groups excluding carboxylic acids is 1. The summed E-state index contributed by atoms with van der Waals surface area (Å²) in [6.45, 7) is 2.73. The molecule has 0 radical (unpaired) electrons. The summed E-state index contributed by atoms with van der Waals surface area (Å²) in [4.78, 5) is 13.4. The van der Waals surface area contributed by atoms with Crippen LogP contribution in [-0.4, -0.2) is 15.7 Å². The standard InChI is InChI=1S/C23H29N3O/c1-16-3-5-20(6-4-16)22-8-17-7-18(9-22)11-23(10-17,15-22)21(27)24-12-19-13-25-26(2)14-19/h3-6,13-14,17-18H,7-12,15H2,1-2H3,(H,24,27)/t17-,18-,22?,23?/m1/s1. The molecular weight excluding hydrogens is 334 g/mol. The number of benzene rings is 1. The number of amides is 1. The second-order valence-electron chi connectivity index (χ2n) is 9.59. The summed E-state index contributed by atoms with van der Waals surface area (Å²) in [6, 6.07) is 9.12. The molecule has 1 amide bonds. The average molecular weight is 364 g/mol. The Labute approximate surface area is 161 Å². The van der Waals surface area contributed by atoms with Crippen molar-refractivity contribution >= 4 is 5.91 Å². The van der Waals surface area contributed by atoms with Crippen molar-refractivity contribution in [3.05, 3.63) is 53.3 Å². The minimum Gasteiger partial charge on any atom is -0.351 e. The largest absolute Gasteiger partial charge is 0.351 e. The van der Waals surface area contributed by atoms with Gasteiger partial charge in [0, 0.05) is 25.4 Å². The van der Waals surface area contributed by atoms with Crippen molar-refractivity contribution in [1.29, 1.82) is 0 Å². The molecule has 142 valence electrons. The number of nitrogens with one attached hydrogen (secondary N) is 1. The van der Waals surface area contributed by atoms with Crippen LogP contribution in [0.4, 0.5) is 0 Å². The molecule has 1 N–H and O–H groups in total. The molecule has 4 heteroatoms. The van der Waals surface area contributed by atoms with Crippen LogP contribution >= 0.6 is 0 Å². The first-order valence-electron chi connectivity index (χ1n) is 10.3. The quantitative estimate of drug-likeness (QED) is 0.896. The number of aromatic nitrogens is 2. The number of hydrogen-bond donors (Lipinski definition) is 1. The van der Waals surface area contributed by atoms with Gasteiger partial charge in [0.15, 0.2) is 0 Å². The molecule has 4 nitrogen and oxygen atoms in total. The van der Waals surface area contributed by atoms with Crippen LogP contribution in [0.5, 0.6) is 0 Å². The summed E-state index contributed by atoms with van der Waals surface area (Å²) < 4.78 is 1.79. The van der Waals surface area contributed by atoms with Crippen molar-refractivity contribution in [2.45, 2.75) is 57.4 Å². The first-order chi connectivity index (χ1) is 13.0. The van der Waals surface area contributed by atoms with Crippen molar-refractivity contribution < 1.29 is 4.79 Å². The van der Waals surface area contributed by atoms with Gasteiger partial charge in [0.1, 0.15) is 0 Å². The Hall–Kier alpha value is -2.10. The van der Waals surface area contributed by atoms with Crippen LogP contribution < -0.4 is 5.32 Å². The van der Waals surface area contributed by atoms with Gasteiger partial charge >= 0.3 is 0 Å². The molecule has 27 heavy (non-hydrogen) atoms. The van der Waals surface area contributed by atoms with E-state index in [1.54, 1.807) is 4.68 Å². The highest BCUT2D eigenvalue weighted by Gasteiger charge is 2.60. The van der Waals surface area contributed by atoms with E-state index in [0.29, 0.717) is 18.4 Å². The third-order valence-electron chi connectivity index (χ3n) is 7.42. The second-order valence-corrected chi connectivity index (χ2v) is 9.59. The fourth-order valence-electron chi connectivity index (χ4n) is 6.71. The number of nitrogens with zero attached hydrogens (tertiary/aromatic N) is 2. The van der Waals surface area contributed by atoms with Crippen LogP contribution in [-0.2, 0) is 23.8 Å². The van der Waals surface area contributed by atoms with Gasteiger partial charge in [-0.1, -0.05) is 29.8 Å². The lowest BCUT2D eigenvalue weighted by Gasteiger charge is -2.61. The molecule has 4 aliphatic carbocycles. The van der Waals surface area contributed by atoms with Crippen LogP contribution in [0.15, 0.2) is 36.7 Å². The molecule has 1 heterocycles.